The molecule has 4 aromatic carbocycles. The van der Waals surface area contributed by atoms with Crippen molar-refractivity contribution in [3.05, 3.63) is 144 Å². The lowest BCUT2D eigenvalue weighted by Gasteiger charge is -2.36. The van der Waals surface area contributed by atoms with Gasteiger partial charge in [-0.05, 0) is 120 Å². The van der Waals surface area contributed by atoms with E-state index in [-0.39, 0.29) is 55.0 Å². The fourth-order valence-corrected chi connectivity index (χ4v) is 13.1. The zero-order valence-corrected chi connectivity index (χ0v) is 50.1. The normalized spacial score (nSPS) is 19.6. The molecule has 0 bridgehead atoms. The fourth-order valence-electron chi connectivity index (χ4n) is 13.1. The average molecular weight is 1160 g/mol. The van der Waals surface area contributed by atoms with Crippen LogP contribution < -0.4 is 42.5 Å². The van der Waals surface area contributed by atoms with E-state index < -0.39 is 83.8 Å². The summed E-state index contributed by atoms with van der Waals surface area (Å²) in [5.41, 5.74) is 3.16. The number of carbonyl (C=O) groups excluding carboxylic acids is 8. The Hall–Kier alpha value is -7.44. The van der Waals surface area contributed by atoms with Gasteiger partial charge in [0.05, 0.1) is 12.1 Å². The van der Waals surface area contributed by atoms with Crippen molar-refractivity contribution in [1.29, 1.82) is 0 Å². The highest BCUT2D eigenvalue weighted by atomic mass is 16.2. The molecule has 0 unspecified atom stereocenters. The van der Waals surface area contributed by atoms with Gasteiger partial charge in [0.25, 0.3) is 0 Å². The van der Waals surface area contributed by atoms with Crippen molar-refractivity contribution in [2.75, 3.05) is 40.3 Å². The van der Waals surface area contributed by atoms with Gasteiger partial charge in [-0.25, -0.2) is 0 Å². The summed E-state index contributed by atoms with van der Waals surface area (Å²) in [4.78, 5) is 119. The summed E-state index contributed by atoms with van der Waals surface area (Å²) in [5.74, 6) is -4.42. The third kappa shape index (κ3) is 16.5. The molecular formula is C67H90N10O8. The Kier molecular flexibility index (Phi) is 23.7. The van der Waals surface area contributed by atoms with Crippen LogP contribution in [0.3, 0.4) is 0 Å². The summed E-state index contributed by atoms with van der Waals surface area (Å²) >= 11 is 0. The minimum absolute atomic E-state index is 0.0693. The Morgan fingerprint density at radius 1 is 0.412 bits per heavy atom. The number of carbonyl (C=O) groups is 8. The molecule has 0 radical (unpaired) electrons. The first-order valence-corrected chi connectivity index (χ1v) is 31.2. The SMILES string of the molecule is CN[C@@H](C)C(=O)N[C@H](C(=O)N1CCC[C@H]1C(=O)N[C@H](C(=O)NCCCNC(=O)[C@@H](NC(=O)[C@@H]1CCCN1C(=O)[C@@H](NC(=O)[C@@H](C)NC)C1CCCCC1)C(c1ccccc1)c1ccccc1)C(c1ccccc1)c1ccccc1)C1CCCCC1. The Morgan fingerprint density at radius 2 is 0.729 bits per heavy atom. The van der Waals surface area contributed by atoms with Crippen molar-refractivity contribution in [3.63, 3.8) is 0 Å². The second kappa shape index (κ2) is 31.6. The van der Waals surface area contributed by atoms with E-state index in [1.807, 2.05) is 121 Å². The summed E-state index contributed by atoms with van der Waals surface area (Å²) in [6, 6.07) is 31.4. The topological polar surface area (TPSA) is 239 Å². The van der Waals surface area contributed by atoms with Crippen LogP contribution in [0.1, 0.15) is 144 Å². The maximum Gasteiger partial charge on any atom is 0.246 e. The molecule has 2 saturated carbocycles. The van der Waals surface area contributed by atoms with E-state index in [0.717, 1.165) is 86.5 Å². The summed E-state index contributed by atoms with van der Waals surface area (Å²) in [5, 5.41) is 24.5. The smallest absolute Gasteiger partial charge is 0.246 e. The van der Waals surface area contributed by atoms with Crippen molar-refractivity contribution in [2.45, 2.75) is 170 Å². The molecule has 2 heterocycles. The molecule has 2 saturated heterocycles. The van der Waals surface area contributed by atoms with Gasteiger partial charge >= 0.3 is 0 Å². The fraction of sp³-hybridized carbons (Fsp3) is 0.522. The van der Waals surface area contributed by atoms with Gasteiger partial charge in [-0.1, -0.05) is 160 Å². The van der Waals surface area contributed by atoms with E-state index in [1.54, 1.807) is 37.7 Å². The van der Waals surface area contributed by atoms with E-state index in [0.29, 0.717) is 38.8 Å². The molecule has 18 nitrogen and oxygen atoms in total. The van der Waals surface area contributed by atoms with Crippen LogP contribution in [-0.2, 0) is 38.4 Å². The lowest BCUT2D eigenvalue weighted by Crippen LogP contribution is -2.60. The quantitative estimate of drug-likeness (QED) is 0.0364. The lowest BCUT2D eigenvalue weighted by atomic mass is 9.83. The van der Waals surface area contributed by atoms with Crippen molar-refractivity contribution >= 4 is 47.3 Å². The van der Waals surface area contributed by atoms with Gasteiger partial charge in [0, 0.05) is 38.0 Å². The summed E-state index contributed by atoms with van der Waals surface area (Å²) in [7, 11) is 3.39. The van der Waals surface area contributed by atoms with E-state index >= 15 is 0 Å². The van der Waals surface area contributed by atoms with Crippen molar-refractivity contribution < 1.29 is 38.4 Å². The minimum atomic E-state index is -1.14. The predicted molar refractivity (Wildman–Crippen MR) is 327 cm³/mol. The first kappa shape index (κ1) is 63.6. The van der Waals surface area contributed by atoms with Gasteiger partial charge in [0.2, 0.25) is 47.3 Å². The second-order valence-electron chi connectivity index (χ2n) is 23.7. The minimum Gasteiger partial charge on any atom is -0.354 e. The van der Waals surface area contributed by atoms with Gasteiger partial charge < -0.3 is 52.3 Å². The molecule has 4 aromatic rings. The van der Waals surface area contributed by atoms with Gasteiger partial charge in [0.1, 0.15) is 36.3 Å². The first-order chi connectivity index (χ1) is 41.3. The molecule has 0 spiro atoms. The molecule has 4 fully saturated rings. The number of likely N-dealkylation sites (N-methyl/N-ethyl adjacent to an activating group) is 2. The third-order valence-electron chi connectivity index (χ3n) is 18.1. The van der Waals surface area contributed by atoms with Gasteiger partial charge in [-0.3, -0.25) is 38.4 Å². The molecule has 2 aliphatic heterocycles. The number of nitrogens with one attached hydrogen (secondary N) is 8. The highest BCUT2D eigenvalue weighted by molar-refractivity contribution is 5.97. The number of amides is 8. The molecule has 85 heavy (non-hydrogen) atoms. The van der Waals surface area contributed by atoms with Gasteiger partial charge in [0.15, 0.2) is 0 Å². The van der Waals surface area contributed by atoms with E-state index in [4.69, 9.17) is 0 Å². The van der Waals surface area contributed by atoms with Crippen LogP contribution in [-0.4, -0.2) is 146 Å². The van der Waals surface area contributed by atoms with Crippen LogP contribution in [0.2, 0.25) is 0 Å². The largest absolute Gasteiger partial charge is 0.354 e. The molecular weight excluding hydrogens is 1070 g/mol. The molecule has 2 aliphatic carbocycles. The summed E-state index contributed by atoms with van der Waals surface area (Å²) in [6.07, 6.45) is 11.3. The Balaban J connectivity index is 0.999. The first-order valence-electron chi connectivity index (χ1n) is 31.2. The predicted octanol–water partition coefficient (Wildman–Crippen LogP) is 5.57. The molecule has 0 aromatic heterocycles. The standard InChI is InChI=1S/C67H90N10O8/c1-44(68-3)60(78)72-56(50-34-19-9-20-35-50)66(84)76-42-23-38-52(76)62(80)74-58(54(46-26-11-5-12-27-46)47-28-13-6-14-29-47)64(82)70-40-25-41-71-65(83)59(55(48-30-15-7-16-31-48)49-32-17-8-18-33-49)75-63(81)53-39-24-43-77(53)67(85)57(51-36-21-10-22-37-51)73-61(79)45(2)69-4/h5-8,11-18,26-33,44-45,50-59,68-69H,9-10,19-25,34-43H2,1-4H3,(H,70,82)(H,71,83)(H,72,78)(H,73,79)(H,74,80)(H,75,81)/t44-,45+,52-,53-,56-,57-,58-,59-/m0/s1. The number of likely N-dealkylation sites (tertiary alicyclic amines) is 2. The van der Waals surface area contributed by atoms with Crippen LogP contribution >= 0.6 is 0 Å². The van der Waals surface area contributed by atoms with E-state index in [9.17, 15) is 38.4 Å². The number of benzene rings is 4. The van der Waals surface area contributed by atoms with Crippen molar-refractivity contribution in [1.82, 2.24) is 52.3 Å². The second-order valence-corrected chi connectivity index (χ2v) is 23.7. The number of nitrogens with zero attached hydrogens (tertiary/aromatic N) is 2. The molecule has 8 rings (SSSR count). The maximum atomic E-state index is 14.9. The zero-order chi connectivity index (χ0) is 60.2. The zero-order valence-electron chi connectivity index (χ0n) is 50.1. The number of hydrogen-bond acceptors (Lipinski definition) is 10. The van der Waals surface area contributed by atoms with Crippen LogP contribution in [0.25, 0.3) is 0 Å². The van der Waals surface area contributed by atoms with E-state index in [1.165, 1.54) is 0 Å². The summed E-state index contributed by atoms with van der Waals surface area (Å²) in [6.45, 7) is 4.36. The number of rotatable bonds is 26. The molecule has 8 N–H and O–H groups in total. The monoisotopic (exact) mass is 1160 g/mol. The van der Waals surface area contributed by atoms with Gasteiger partial charge in [-0.15, -0.1) is 0 Å². The van der Waals surface area contributed by atoms with E-state index in [2.05, 4.69) is 42.5 Å². The molecule has 8 atom stereocenters. The Bertz CT molecular complexity index is 2570. The maximum absolute atomic E-state index is 14.9. The molecule has 4 aliphatic rings. The third-order valence-corrected chi connectivity index (χ3v) is 18.1. The van der Waals surface area contributed by atoms with Crippen LogP contribution in [0.5, 0.6) is 0 Å². The molecule has 18 heteroatoms. The van der Waals surface area contributed by atoms with Gasteiger partial charge in [-0.2, -0.15) is 0 Å². The van der Waals surface area contributed by atoms with Crippen molar-refractivity contribution in [3.8, 4) is 0 Å². The molecule has 8 amide bonds. The highest BCUT2D eigenvalue weighted by Crippen LogP contribution is 2.34. The van der Waals surface area contributed by atoms with Crippen LogP contribution in [0.15, 0.2) is 121 Å². The Morgan fingerprint density at radius 3 is 1.04 bits per heavy atom. The van der Waals surface area contributed by atoms with Crippen LogP contribution in [0.4, 0.5) is 0 Å². The summed E-state index contributed by atoms with van der Waals surface area (Å²) < 4.78 is 0. The number of hydrogen-bond donors (Lipinski definition) is 8. The van der Waals surface area contributed by atoms with Crippen LogP contribution in [0, 0.1) is 11.8 Å². The average Bonchev–Trinajstić information content (AvgIpc) is 4.09. The molecule has 456 valence electrons. The Labute approximate surface area is 501 Å². The van der Waals surface area contributed by atoms with Crippen molar-refractivity contribution in [2.24, 2.45) is 11.8 Å². The highest BCUT2D eigenvalue weighted by Gasteiger charge is 2.45. The lowest BCUT2D eigenvalue weighted by molar-refractivity contribution is -0.143.